The van der Waals surface area contributed by atoms with Crippen molar-refractivity contribution in [2.45, 2.75) is 51.6 Å². The Morgan fingerprint density at radius 2 is 1.70 bits per heavy atom. The highest BCUT2D eigenvalue weighted by molar-refractivity contribution is 5.81. The van der Waals surface area contributed by atoms with E-state index in [0.29, 0.717) is 6.42 Å². The van der Waals surface area contributed by atoms with E-state index in [9.17, 15) is 4.79 Å². The Morgan fingerprint density at radius 1 is 1.04 bits per heavy atom. The third-order valence-electron chi connectivity index (χ3n) is 5.59. The fourth-order valence-corrected chi connectivity index (χ4v) is 4.17. The van der Waals surface area contributed by atoms with Crippen LogP contribution in [-0.4, -0.2) is 32.4 Å². The molecule has 0 radical (unpaired) electrons. The van der Waals surface area contributed by atoms with E-state index >= 15 is 0 Å². The molecule has 4 nitrogen and oxygen atoms in total. The van der Waals surface area contributed by atoms with Crippen molar-refractivity contribution in [3.8, 4) is 0 Å². The van der Waals surface area contributed by atoms with Crippen molar-refractivity contribution in [2.75, 3.05) is 6.54 Å². The average Bonchev–Trinajstić information content (AvgIpc) is 3.22. The molecular weight excluding hydrogens is 334 g/mol. The number of hydrogen-bond acceptors (Lipinski definition) is 2. The second-order valence-electron chi connectivity index (χ2n) is 8.49. The van der Waals surface area contributed by atoms with Crippen LogP contribution in [0.15, 0.2) is 54.6 Å². The molecule has 1 aliphatic heterocycles. The molecular formula is C23H27N3O. The van der Waals surface area contributed by atoms with Gasteiger partial charge in [0.25, 0.3) is 0 Å². The van der Waals surface area contributed by atoms with Crippen molar-refractivity contribution in [1.29, 1.82) is 0 Å². The fourth-order valence-electron chi connectivity index (χ4n) is 4.17. The number of aromatic nitrogens is 2. The first-order valence-electron chi connectivity index (χ1n) is 9.68. The zero-order valence-corrected chi connectivity index (χ0v) is 16.5. The van der Waals surface area contributed by atoms with Gasteiger partial charge in [-0.15, -0.1) is 0 Å². The lowest BCUT2D eigenvalue weighted by Crippen LogP contribution is -2.42. The van der Waals surface area contributed by atoms with E-state index in [4.69, 9.17) is 4.98 Å². The number of nitrogens with zero attached hydrogens (tertiary/aromatic N) is 3. The molecule has 3 aromatic rings. The summed E-state index contributed by atoms with van der Waals surface area (Å²) in [5.74, 6) is 1.36. The van der Waals surface area contributed by atoms with Crippen LogP contribution in [0.5, 0.6) is 0 Å². The molecule has 0 unspecified atom stereocenters. The first kappa shape index (κ1) is 17.8. The van der Waals surface area contributed by atoms with Crippen LogP contribution in [0.3, 0.4) is 0 Å². The Morgan fingerprint density at radius 3 is 2.37 bits per heavy atom. The molecule has 27 heavy (non-hydrogen) atoms. The molecule has 0 aliphatic carbocycles. The first-order valence-corrected chi connectivity index (χ1v) is 9.68. The van der Waals surface area contributed by atoms with Crippen LogP contribution in [-0.2, 0) is 4.79 Å². The normalized spacial score (nSPS) is 19.0. The molecule has 140 valence electrons. The SMILES string of the molecule is C[C@H](c1ccccc1)n1c([C@@H]2CC(=O)N(C(C)(C)C)C2)nc2ccccc21. The minimum absolute atomic E-state index is 0.121. The van der Waals surface area contributed by atoms with Gasteiger partial charge in [-0.2, -0.15) is 0 Å². The maximum Gasteiger partial charge on any atom is 0.223 e. The predicted molar refractivity (Wildman–Crippen MR) is 109 cm³/mol. The van der Waals surface area contributed by atoms with E-state index in [2.05, 4.69) is 74.7 Å². The number of likely N-dealkylation sites (tertiary alicyclic amines) is 1. The summed E-state index contributed by atoms with van der Waals surface area (Å²) in [5, 5.41) is 0. The van der Waals surface area contributed by atoms with Crippen molar-refractivity contribution >= 4 is 16.9 Å². The monoisotopic (exact) mass is 361 g/mol. The zero-order valence-electron chi connectivity index (χ0n) is 16.5. The van der Waals surface area contributed by atoms with Crippen molar-refractivity contribution in [2.24, 2.45) is 0 Å². The Labute approximate surface area is 160 Å². The molecule has 2 heterocycles. The first-order chi connectivity index (χ1) is 12.9. The fraction of sp³-hybridized carbons (Fsp3) is 0.391. The number of imidazole rings is 1. The number of carbonyl (C=O) groups excluding carboxylic acids is 1. The number of amides is 1. The molecule has 0 saturated carbocycles. The number of hydrogen-bond donors (Lipinski definition) is 0. The second kappa shape index (κ2) is 6.52. The number of fused-ring (bicyclic) bond motifs is 1. The van der Waals surface area contributed by atoms with Crippen LogP contribution in [0, 0.1) is 0 Å². The minimum atomic E-state index is -0.159. The van der Waals surface area contributed by atoms with Gasteiger partial charge in [-0.1, -0.05) is 42.5 Å². The molecule has 1 saturated heterocycles. The predicted octanol–water partition coefficient (Wildman–Crippen LogP) is 4.76. The van der Waals surface area contributed by atoms with Crippen molar-refractivity contribution < 1.29 is 4.79 Å². The minimum Gasteiger partial charge on any atom is -0.337 e. The standard InChI is InChI=1S/C23H27N3O/c1-16(17-10-6-5-7-11-17)26-20-13-9-8-12-19(20)24-22(26)18-14-21(27)25(15-18)23(2,3)4/h5-13,16,18H,14-15H2,1-4H3/t16-,18-/m1/s1. The number of para-hydroxylation sites is 2. The summed E-state index contributed by atoms with van der Waals surface area (Å²) >= 11 is 0. The van der Waals surface area contributed by atoms with E-state index in [1.54, 1.807) is 0 Å². The van der Waals surface area contributed by atoms with Gasteiger partial charge in [-0.25, -0.2) is 4.98 Å². The van der Waals surface area contributed by atoms with Crippen LogP contribution in [0.25, 0.3) is 11.0 Å². The molecule has 2 aromatic carbocycles. The summed E-state index contributed by atoms with van der Waals surface area (Å²) in [6.07, 6.45) is 0.530. The van der Waals surface area contributed by atoms with Gasteiger partial charge in [0.1, 0.15) is 5.82 Å². The highest BCUT2D eigenvalue weighted by atomic mass is 16.2. The molecule has 1 aromatic heterocycles. The summed E-state index contributed by atoms with van der Waals surface area (Å²) in [5.41, 5.74) is 3.22. The van der Waals surface area contributed by atoms with Gasteiger partial charge in [0.2, 0.25) is 5.91 Å². The van der Waals surface area contributed by atoms with Gasteiger partial charge in [0.05, 0.1) is 17.1 Å². The van der Waals surface area contributed by atoms with Crippen molar-refractivity contribution in [3.05, 3.63) is 66.0 Å². The van der Waals surface area contributed by atoms with Gasteiger partial charge in [-0.05, 0) is 45.4 Å². The van der Waals surface area contributed by atoms with Gasteiger partial charge in [0.15, 0.2) is 0 Å². The smallest absolute Gasteiger partial charge is 0.223 e. The van der Waals surface area contributed by atoms with Gasteiger partial charge in [-0.3, -0.25) is 4.79 Å². The molecule has 0 spiro atoms. The Hall–Kier alpha value is -2.62. The lowest BCUT2D eigenvalue weighted by Gasteiger charge is -2.32. The molecule has 1 aliphatic rings. The summed E-state index contributed by atoms with van der Waals surface area (Å²) in [7, 11) is 0. The quantitative estimate of drug-likeness (QED) is 0.674. The third kappa shape index (κ3) is 3.14. The van der Waals surface area contributed by atoms with Crippen LogP contribution >= 0.6 is 0 Å². The number of carbonyl (C=O) groups is 1. The molecule has 4 rings (SSSR count). The highest BCUT2D eigenvalue weighted by Gasteiger charge is 2.39. The molecule has 4 heteroatoms. The van der Waals surface area contributed by atoms with Crippen LogP contribution < -0.4 is 0 Å². The van der Waals surface area contributed by atoms with Crippen LogP contribution in [0.2, 0.25) is 0 Å². The topological polar surface area (TPSA) is 38.1 Å². The van der Waals surface area contributed by atoms with Crippen molar-refractivity contribution in [3.63, 3.8) is 0 Å². The molecule has 0 N–H and O–H groups in total. The summed E-state index contributed by atoms with van der Waals surface area (Å²) in [6.45, 7) is 9.24. The van der Waals surface area contributed by atoms with Crippen molar-refractivity contribution in [1.82, 2.24) is 14.5 Å². The summed E-state index contributed by atoms with van der Waals surface area (Å²) < 4.78 is 2.33. The van der Waals surface area contributed by atoms with E-state index in [1.807, 2.05) is 17.0 Å². The molecule has 0 bridgehead atoms. The highest BCUT2D eigenvalue weighted by Crippen LogP contribution is 2.36. The lowest BCUT2D eigenvalue weighted by molar-refractivity contribution is -0.131. The van der Waals surface area contributed by atoms with Gasteiger partial charge in [0, 0.05) is 24.4 Å². The van der Waals surface area contributed by atoms with Gasteiger partial charge < -0.3 is 9.47 Å². The number of rotatable bonds is 3. The Bertz CT molecular complexity index is 968. The number of benzene rings is 2. The largest absolute Gasteiger partial charge is 0.337 e. The van der Waals surface area contributed by atoms with E-state index < -0.39 is 0 Å². The third-order valence-corrected chi connectivity index (χ3v) is 5.59. The van der Waals surface area contributed by atoms with E-state index in [1.165, 1.54) is 5.56 Å². The summed E-state index contributed by atoms with van der Waals surface area (Å²) in [6, 6.07) is 18.9. The average molecular weight is 361 g/mol. The van der Waals surface area contributed by atoms with Gasteiger partial charge >= 0.3 is 0 Å². The maximum absolute atomic E-state index is 12.7. The lowest BCUT2D eigenvalue weighted by atomic mass is 10.0. The van der Waals surface area contributed by atoms with Crippen LogP contribution in [0.4, 0.5) is 0 Å². The van der Waals surface area contributed by atoms with E-state index in [0.717, 1.165) is 23.4 Å². The molecule has 1 fully saturated rings. The Kier molecular flexibility index (Phi) is 4.29. The summed E-state index contributed by atoms with van der Waals surface area (Å²) in [4.78, 5) is 19.6. The maximum atomic E-state index is 12.7. The molecule has 1 amide bonds. The van der Waals surface area contributed by atoms with E-state index in [-0.39, 0.29) is 23.4 Å². The van der Waals surface area contributed by atoms with Crippen LogP contribution in [0.1, 0.15) is 57.5 Å². The second-order valence-corrected chi connectivity index (χ2v) is 8.49. The Balaban J connectivity index is 1.81. The zero-order chi connectivity index (χ0) is 19.2. The molecule has 2 atom stereocenters.